The minimum Gasteiger partial charge on any atom is -0.379 e. The summed E-state index contributed by atoms with van der Waals surface area (Å²) in [5, 5.41) is 6.74. The fraction of sp³-hybridized carbons (Fsp3) is 0.650. The van der Waals surface area contributed by atoms with Crippen molar-refractivity contribution in [2.75, 3.05) is 46.2 Å². The molecule has 1 fully saturated rings. The van der Waals surface area contributed by atoms with Gasteiger partial charge < -0.3 is 15.4 Å². The van der Waals surface area contributed by atoms with E-state index in [-0.39, 0.29) is 0 Å². The van der Waals surface area contributed by atoms with Gasteiger partial charge in [0.25, 0.3) is 0 Å². The molecule has 2 rings (SSSR count). The standard InChI is InChI=1S/C20H34N4O3S/c1-15(2)18(24-8-10-27-11-9-24)14-23-20(21-4)22-13-17-6-7-19(16(3)12-17)28(5,25)26/h6-7,12,15,18H,8-11,13-14H2,1-5H3,(H2,21,22,23). The Hall–Kier alpha value is -1.64. The van der Waals surface area contributed by atoms with E-state index in [0.717, 1.165) is 49.9 Å². The molecule has 0 aliphatic carbocycles. The quantitative estimate of drug-likeness (QED) is 0.523. The summed E-state index contributed by atoms with van der Waals surface area (Å²) < 4.78 is 29.0. The molecule has 1 aromatic carbocycles. The van der Waals surface area contributed by atoms with Crippen molar-refractivity contribution >= 4 is 15.8 Å². The van der Waals surface area contributed by atoms with Gasteiger partial charge in [-0.15, -0.1) is 0 Å². The second kappa shape index (κ2) is 10.2. The van der Waals surface area contributed by atoms with E-state index in [1.54, 1.807) is 13.1 Å². The minimum absolute atomic E-state index is 0.379. The first-order valence-corrected chi connectivity index (χ1v) is 11.7. The summed E-state index contributed by atoms with van der Waals surface area (Å²) >= 11 is 0. The van der Waals surface area contributed by atoms with Crippen LogP contribution in [-0.2, 0) is 21.1 Å². The van der Waals surface area contributed by atoms with Crippen molar-refractivity contribution in [2.45, 2.75) is 38.3 Å². The molecule has 0 saturated carbocycles. The number of sulfone groups is 1. The molecule has 1 aromatic rings. The van der Waals surface area contributed by atoms with Crippen LogP contribution in [0.3, 0.4) is 0 Å². The number of nitrogens with one attached hydrogen (secondary N) is 2. The molecule has 0 spiro atoms. The van der Waals surface area contributed by atoms with Crippen LogP contribution in [0.4, 0.5) is 0 Å². The van der Waals surface area contributed by atoms with Crippen LogP contribution in [0.2, 0.25) is 0 Å². The van der Waals surface area contributed by atoms with Crippen LogP contribution in [-0.4, -0.2) is 71.5 Å². The molecule has 0 radical (unpaired) electrons. The maximum Gasteiger partial charge on any atom is 0.191 e. The van der Waals surface area contributed by atoms with E-state index in [2.05, 4.69) is 34.4 Å². The monoisotopic (exact) mass is 410 g/mol. The van der Waals surface area contributed by atoms with Crippen LogP contribution >= 0.6 is 0 Å². The largest absolute Gasteiger partial charge is 0.379 e. The maximum atomic E-state index is 11.8. The molecule has 8 heteroatoms. The number of hydrogen-bond donors (Lipinski definition) is 2. The molecule has 0 bridgehead atoms. The molecule has 7 nitrogen and oxygen atoms in total. The van der Waals surface area contributed by atoms with Gasteiger partial charge in [-0.2, -0.15) is 0 Å². The molecule has 1 aliphatic heterocycles. The zero-order valence-corrected chi connectivity index (χ0v) is 18.5. The van der Waals surface area contributed by atoms with Gasteiger partial charge in [-0.3, -0.25) is 9.89 Å². The lowest BCUT2D eigenvalue weighted by Crippen LogP contribution is -2.52. The van der Waals surface area contributed by atoms with Crippen molar-refractivity contribution in [1.82, 2.24) is 15.5 Å². The van der Waals surface area contributed by atoms with Crippen LogP contribution in [0, 0.1) is 12.8 Å². The Balaban J connectivity index is 1.92. The lowest BCUT2D eigenvalue weighted by molar-refractivity contribution is 0.00752. The lowest BCUT2D eigenvalue weighted by Gasteiger charge is -2.37. The first-order chi connectivity index (χ1) is 13.2. The molecular formula is C20H34N4O3S. The molecule has 158 valence electrons. The summed E-state index contributed by atoms with van der Waals surface area (Å²) in [6.45, 7) is 11.2. The third kappa shape index (κ3) is 6.46. The van der Waals surface area contributed by atoms with Gasteiger partial charge in [-0.25, -0.2) is 8.42 Å². The third-order valence-electron chi connectivity index (χ3n) is 5.09. The van der Waals surface area contributed by atoms with Gasteiger partial charge in [0, 0.05) is 45.5 Å². The lowest BCUT2D eigenvalue weighted by atomic mass is 10.0. The van der Waals surface area contributed by atoms with Crippen molar-refractivity contribution in [2.24, 2.45) is 10.9 Å². The number of morpholine rings is 1. The summed E-state index contributed by atoms with van der Waals surface area (Å²) in [5.41, 5.74) is 1.78. The molecule has 1 atom stereocenters. The number of aryl methyl sites for hydroxylation is 1. The molecule has 1 unspecified atom stereocenters. The number of benzene rings is 1. The molecular weight excluding hydrogens is 376 g/mol. The Bertz CT molecular complexity index is 772. The van der Waals surface area contributed by atoms with Crippen LogP contribution in [0.25, 0.3) is 0 Å². The summed E-state index contributed by atoms with van der Waals surface area (Å²) in [6, 6.07) is 5.83. The number of guanidine groups is 1. The molecule has 1 saturated heterocycles. The van der Waals surface area contributed by atoms with Gasteiger partial charge in [0.15, 0.2) is 15.8 Å². The Morgan fingerprint density at radius 3 is 2.46 bits per heavy atom. The highest BCUT2D eigenvalue weighted by Gasteiger charge is 2.23. The molecule has 28 heavy (non-hydrogen) atoms. The predicted octanol–water partition coefficient (Wildman–Crippen LogP) is 1.42. The summed E-state index contributed by atoms with van der Waals surface area (Å²) in [7, 11) is -1.44. The molecule has 0 aromatic heterocycles. The first-order valence-electron chi connectivity index (χ1n) is 9.78. The Labute approximate surface area is 169 Å². The van der Waals surface area contributed by atoms with Gasteiger partial charge in [0.2, 0.25) is 0 Å². The second-order valence-electron chi connectivity index (χ2n) is 7.64. The van der Waals surface area contributed by atoms with E-state index in [1.807, 2.05) is 19.1 Å². The van der Waals surface area contributed by atoms with Crippen LogP contribution < -0.4 is 10.6 Å². The average Bonchev–Trinajstić information content (AvgIpc) is 2.64. The summed E-state index contributed by atoms with van der Waals surface area (Å²) in [6.07, 6.45) is 1.23. The minimum atomic E-state index is -3.19. The van der Waals surface area contributed by atoms with Gasteiger partial charge in [-0.05, 0) is 30.0 Å². The normalized spacial score (nSPS) is 17.6. The Morgan fingerprint density at radius 1 is 1.25 bits per heavy atom. The van der Waals surface area contributed by atoms with E-state index >= 15 is 0 Å². The van der Waals surface area contributed by atoms with Crippen molar-refractivity contribution in [3.63, 3.8) is 0 Å². The zero-order valence-electron chi connectivity index (χ0n) is 17.7. The summed E-state index contributed by atoms with van der Waals surface area (Å²) in [5.74, 6) is 1.26. The third-order valence-corrected chi connectivity index (χ3v) is 6.34. The summed E-state index contributed by atoms with van der Waals surface area (Å²) in [4.78, 5) is 7.17. The van der Waals surface area contributed by atoms with Crippen LogP contribution in [0.1, 0.15) is 25.0 Å². The second-order valence-corrected chi connectivity index (χ2v) is 9.62. The molecule has 1 heterocycles. The van der Waals surface area contributed by atoms with E-state index in [4.69, 9.17) is 4.74 Å². The number of hydrogen-bond acceptors (Lipinski definition) is 5. The van der Waals surface area contributed by atoms with Gasteiger partial charge in [0.1, 0.15) is 0 Å². The van der Waals surface area contributed by atoms with E-state index in [9.17, 15) is 8.42 Å². The maximum absolute atomic E-state index is 11.8. The number of ether oxygens (including phenoxy) is 1. The topological polar surface area (TPSA) is 83.0 Å². The molecule has 1 aliphatic rings. The van der Waals surface area contributed by atoms with Crippen LogP contribution in [0.15, 0.2) is 28.1 Å². The van der Waals surface area contributed by atoms with E-state index in [0.29, 0.717) is 23.4 Å². The average molecular weight is 411 g/mol. The van der Waals surface area contributed by atoms with Gasteiger partial charge >= 0.3 is 0 Å². The van der Waals surface area contributed by atoms with Crippen LogP contribution in [0.5, 0.6) is 0 Å². The van der Waals surface area contributed by atoms with Crippen molar-refractivity contribution in [3.8, 4) is 0 Å². The van der Waals surface area contributed by atoms with E-state index in [1.165, 1.54) is 6.26 Å². The highest BCUT2D eigenvalue weighted by Crippen LogP contribution is 2.16. The highest BCUT2D eigenvalue weighted by molar-refractivity contribution is 7.90. The number of rotatable bonds is 7. The number of aliphatic imine (C=N–C) groups is 1. The predicted molar refractivity (Wildman–Crippen MR) is 114 cm³/mol. The fourth-order valence-electron chi connectivity index (χ4n) is 3.54. The number of nitrogens with zero attached hydrogens (tertiary/aromatic N) is 2. The molecule has 2 N–H and O–H groups in total. The van der Waals surface area contributed by atoms with Crippen molar-refractivity contribution in [3.05, 3.63) is 29.3 Å². The van der Waals surface area contributed by atoms with Crippen molar-refractivity contribution < 1.29 is 13.2 Å². The highest BCUT2D eigenvalue weighted by atomic mass is 32.2. The van der Waals surface area contributed by atoms with Gasteiger partial charge in [0.05, 0.1) is 18.1 Å². The Kier molecular flexibility index (Phi) is 8.27. The Morgan fingerprint density at radius 2 is 1.93 bits per heavy atom. The fourth-order valence-corrected chi connectivity index (χ4v) is 4.50. The van der Waals surface area contributed by atoms with E-state index < -0.39 is 9.84 Å². The zero-order chi connectivity index (χ0) is 20.7. The molecule has 0 amide bonds. The van der Waals surface area contributed by atoms with Crippen molar-refractivity contribution in [1.29, 1.82) is 0 Å². The van der Waals surface area contributed by atoms with Gasteiger partial charge in [-0.1, -0.05) is 26.0 Å². The first kappa shape index (κ1) is 22.6. The smallest absolute Gasteiger partial charge is 0.191 e. The SMILES string of the molecule is CN=C(NCc1ccc(S(C)(=O)=O)c(C)c1)NCC(C(C)C)N1CCOCC1.